The van der Waals surface area contributed by atoms with E-state index in [4.69, 9.17) is 14.7 Å². The first-order chi connectivity index (χ1) is 18.5. The Balaban J connectivity index is 1.32. The Kier molecular flexibility index (Phi) is 6.32. The first kappa shape index (κ1) is 24.5. The van der Waals surface area contributed by atoms with Crippen LogP contribution in [0.5, 0.6) is 11.5 Å². The third-order valence-electron chi connectivity index (χ3n) is 6.70. The van der Waals surface area contributed by atoms with E-state index in [9.17, 15) is 14.7 Å². The summed E-state index contributed by atoms with van der Waals surface area (Å²) in [6, 6.07) is 19.3. The Hall–Kier alpha value is -3.83. The first-order valence-electron chi connectivity index (χ1n) is 11.8. The number of rotatable bonds is 5. The van der Waals surface area contributed by atoms with Gasteiger partial charge < -0.3 is 22.8 Å². The van der Waals surface area contributed by atoms with Gasteiger partial charge in [0.1, 0.15) is 22.8 Å². The van der Waals surface area contributed by atoms with Gasteiger partial charge in [0.15, 0.2) is 23.0 Å². The molecule has 5 aromatic rings. The van der Waals surface area contributed by atoms with Crippen LogP contribution in [0.2, 0.25) is 0 Å². The molecule has 1 aliphatic rings. The number of benzene rings is 3. The van der Waals surface area contributed by atoms with Crippen molar-refractivity contribution in [3.63, 3.8) is 0 Å². The normalized spacial score (nSPS) is 14.6. The predicted molar refractivity (Wildman–Crippen MR) is 155 cm³/mol. The summed E-state index contributed by atoms with van der Waals surface area (Å²) in [5, 5.41) is 14.3. The van der Waals surface area contributed by atoms with Gasteiger partial charge in [-0.1, -0.05) is 24.3 Å². The van der Waals surface area contributed by atoms with Crippen LogP contribution in [0.15, 0.2) is 79.1 Å². The number of aromatic hydroxyl groups is 1. The maximum atomic E-state index is 13.7. The second-order valence-electron chi connectivity index (χ2n) is 9.01. The molecule has 1 aliphatic heterocycles. The van der Waals surface area contributed by atoms with Crippen LogP contribution in [0.1, 0.15) is 32.3 Å². The zero-order valence-electron chi connectivity index (χ0n) is 19.8. The number of nitrogens with one attached hydrogen (secondary N) is 1. The molecular weight excluding hydrogens is 619 g/mol. The zero-order valence-corrected chi connectivity index (χ0v) is 22.7. The Bertz CT molecular complexity index is 1720. The highest BCUT2D eigenvalue weighted by molar-refractivity contribution is 14.1. The van der Waals surface area contributed by atoms with Crippen molar-refractivity contribution >= 4 is 74.2 Å². The SMILES string of the molecule is O=C(Nc1ccc2nc(C(=O)N3C[C@@H](CCl)c4c3cc(OI)c3ccccc43)cn2c1)c1ccc(O)cc1. The van der Waals surface area contributed by atoms with Crippen LogP contribution in [0.3, 0.4) is 0 Å². The summed E-state index contributed by atoms with van der Waals surface area (Å²) >= 11 is 8.22. The van der Waals surface area contributed by atoms with Crippen molar-refractivity contribution in [3.05, 3.63) is 95.9 Å². The quantitative estimate of drug-likeness (QED) is 0.178. The second-order valence-corrected chi connectivity index (χ2v) is 9.76. The molecule has 0 radical (unpaired) electrons. The molecule has 0 unspecified atom stereocenters. The number of pyridine rings is 1. The number of hydrogen-bond acceptors (Lipinski definition) is 5. The number of carbonyl (C=O) groups excluding carboxylic acids is 2. The lowest BCUT2D eigenvalue weighted by Crippen LogP contribution is -2.30. The van der Waals surface area contributed by atoms with Gasteiger partial charge >= 0.3 is 0 Å². The van der Waals surface area contributed by atoms with Crippen molar-refractivity contribution in [1.29, 1.82) is 0 Å². The number of hydrogen-bond donors (Lipinski definition) is 2. The Morgan fingerprint density at radius 3 is 2.58 bits per heavy atom. The van der Waals surface area contributed by atoms with Gasteiger partial charge in [0.2, 0.25) is 0 Å². The fraction of sp³-hybridized carbons (Fsp3) is 0.107. The molecule has 2 N–H and O–H groups in total. The number of amides is 2. The lowest BCUT2D eigenvalue weighted by molar-refractivity contribution is 0.0982. The third kappa shape index (κ3) is 4.21. The minimum atomic E-state index is -0.318. The average Bonchev–Trinajstić information content (AvgIpc) is 3.54. The molecule has 2 amide bonds. The van der Waals surface area contributed by atoms with E-state index in [1.54, 1.807) is 33.8 Å². The van der Waals surface area contributed by atoms with E-state index in [1.165, 1.54) is 24.3 Å². The van der Waals surface area contributed by atoms with Crippen molar-refractivity contribution in [2.75, 3.05) is 22.6 Å². The largest absolute Gasteiger partial charge is 0.508 e. The molecule has 190 valence electrons. The van der Waals surface area contributed by atoms with Crippen LogP contribution in [0, 0.1) is 0 Å². The summed E-state index contributed by atoms with van der Waals surface area (Å²) in [6.07, 6.45) is 3.35. The summed E-state index contributed by atoms with van der Waals surface area (Å²) in [7, 11) is 0. The summed E-state index contributed by atoms with van der Waals surface area (Å²) in [4.78, 5) is 32.5. The molecule has 0 fully saturated rings. The fourth-order valence-corrected chi connectivity index (χ4v) is 5.53. The number of nitrogens with zero attached hydrogens (tertiary/aromatic N) is 3. The molecule has 0 aliphatic carbocycles. The van der Waals surface area contributed by atoms with Gasteiger partial charge in [0.25, 0.3) is 11.8 Å². The van der Waals surface area contributed by atoms with Gasteiger partial charge in [0.05, 0.1) is 11.4 Å². The van der Waals surface area contributed by atoms with Crippen LogP contribution in [0.25, 0.3) is 16.4 Å². The van der Waals surface area contributed by atoms with E-state index in [0.29, 0.717) is 35.1 Å². The van der Waals surface area contributed by atoms with Gasteiger partial charge in [-0.15, -0.1) is 11.6 Å². The smallest absolute Gasteiger partial charge is 0.278 e. The monoisotopic (exact) mass is 638 g/mol. The number of phenolic OH excluding ortho intramolecular Hbond substituents is 1. The molecule has 1 atom stereocenters. The van der Waals surface area contributed by atoms with Gasteiger partial charge in [-0.05, 0) is 47.3 Å². The number of aromatic nitrogens is 2. The molecule has 10 heteroatoms. The van der Waals surface area contributed by atoms with Crippen molar-refractivity contribution in [3.8, 4) is 11.5 Å². The van der Waals surface area contributed by atoms with Gasteiger partial charge in [-0.2, -0.15) is 0 Å². The third-order valence-corrected chi connectivity index (χ3v) is 7.55. The lowest BCUT2D eigenvalue weighted by atomic mass is 9.95. The molecule has 0 saturated heterocycles. The van der Waals surface area contributed by atoms with Crippen LogP contribution in [0.4, 0.5) is 11.4 Å². The van der Waals surface area contributed by atoms with Crippen molar-refractivity contribution in [2.24, 2.45) is 0 Å². The second kappa shape index (κ2) is 9.80. The van der Waals surface area contributed by atoms with E-state index < -0.39 is 0 Å². The highest BCUT2D eigenvalue weighted by atomic mass is 127. The van der Waals surface area contributed by atoms with Gasteiger partial charge in [-0.3, -0.25) is 9.59 Å². The Morgan fingerprint density at radius 1 is 1.08 bits per heavy atom. The molecule has 0 saturated carbocycles. The summed E-state index contributed by atoms with van der Waals surface area (Å²) < 4.78 is 7.32. The van der Waals surface area contributed by atoms with E-state index in [-0.39, 0.29) is 29.2 Å². The lowest BCUT2D eigenvalue weighted by Gasteiger charge is -2.17. The van der Waals surface area contributed by atoms with E-state index in [0.717, 1.165) is 22.0 Å². The van der Waals surface area contributed by atoms with Crippen LogP contribution < -0.4 is 13.3 Å². The molecule has 8 nitrogen and oxygen atoms in total. The van der Waals surface area contributed by atoms with Crippen molar-refractivity contribution in [1.82, 2.24) is 9.38 Å². The highest BCUT2D eigenvalue weighted by Gasteiger charge is 2.35. The number of halogens is 2. The standard InChI is InChI=1S/C28H20ClIN4O4/c29-12-17-13-34(23-11-24(38-30)20-3-1-2-4-21(20)26(17)23)28(37)22-15-33-14-18(7-10-25(33)32-22)31-27(36)16-5-8-19(35)9-6-16/h1-11,14-15,17,35H,12-13H2,(H,31,36)/t17-/m1/s1. The van der Waals surface area contributed by atoms with Crippen molar-refractivity contribution < 1.29 is 17.8 Å². The number of anilines is 2. The fourth-order valence-electron chi connectivity index (χ4n) is 4.92. The van der Waals surface area contributed by atoms with Crippen LogP contribution in [-0.2, 0) is 0 Å². The molecule has 0 bridgehead atoms. The number of imidazole rings is 1. The number of carbonyl (C=O) groups is 2. The predicted octanol–water partition coefficient (Wildman–Crippen LogP) is 6.16. The number of fused-ring (bicyclic) bond motifs is 4. The Morgan fingerprint density at radius 2 is 1.84 bits per heavy atom. The summed E-state index contributed by atoms with van der Waals surface area (Å²) in [5.74, 6) is 0.553. The Labute approximate surface area is 236 Å². The molecule has 2 aromatic heterocycles. The topological polar surface area (TPSA) is 96.2 Å². The van der Waals surface area contributed by atoms with Crippen LogP contribution >= 0.6 is 34.6 Å². The molecular formula is C28H20ClIN4O4. The van der Waals surface area contributed by atoms with Crippen LogP contribution in [-0.4, -0.2) is 38.7 Å². The minimum absolute atomic E-state index is 0.0254. The molecule has 6 rings (SSSR count). The molecule has 3 aromatic carbocycles. The minimum Gasteiger partial charge on any atom is -0.508 e. The summed E-state index contributed by atoms with van der Waals surface area (Å²) in [5.41, 5.74) is 3.59. The van der Waals surface area contributed by atoms with E-state index in [2.05, 4.69) is 10.3 Å². The summed E-state index contributed by atoms with van der Waals surface area (Å²) in [6.45, 7) is 0.439. The van der Waals surface area contributed by atoms with Gasteiger partial charge in [-0.25, -0.2) is 4.98 Å². The first-order valence-corrected chi connectivity index (χ1v) is 13.2. The maximum Gasteiger partial charge on any atom is 0.278 e. The van der Waals surface area contributed by atoms with Crippen molar-refractivity contribution in [2.45, 2.75) is 5.92 Å². The average molecular weight is 639 g/mol. The molecule has 3 heterocycles. The van der Waals surface area contributed by atoms with E-state index in [1.807, 2.05) is 53.3 Å². The zero-order chi connectivity index (χ0) is 26.4. The molecule has 38 heavy (non-hydrogen) atoms. The molecule has 0 spiro atoms. The van der Waals surface area contributed by atoms with Gasteiger partial charge in [0, 0.05) is 47.8 Å². The van der Waals surface area contributed by atoms with E-state index >= 15 is 0 Å². The number of phenols is 1. The maximum absolute atomic E-state index is 13.7. The highest BCUT2D eigenvalue weighted by Crippen LogP contribution is 2.46. The number of alkyl halides is 1.